The topological polar surface area (TPSA) is 120 Å². The molecule has 0 atom stereocenters. The van der Waals surface area contributed by atoms with Crippen LogP contribution in [-0.4, -0.2) is 32.2 Å². The highest BCUT2D eigenvalue weighted by molar-refractivity contribution is 6.04. The van der Waals surface area contributed by atoms with Crippen molar-refractivity contribution in [2.45, 2.75) is 6.29 Å². The number of hydrogen-bond donors (Lipinski definition) is 4. The molecule has 0 aliphatic rings. The molecule has 4 N–H and O–H groups in total. The first kappa shape index (κ1) is 14.6. The maximum Gasteiger partial charge on any atom is 0.335 e. The van der Waals surface area contributed by atoms with Gasteiger partial charge in [0.25, 0.3) is 5.91 Å². The molecule has 2 rings (SSSR count). The van der Waals surface area contributed by atoms with Gasteiger partial charge in [0.05, 0.1) is 5.56 Å². The van der Waals surface area contributed by atoms with E-state index in [0.717, 1.165) is 6.07 Å². The second kappa shape index (κ2) is 6.12. The van der Waals surface area contributed by atoms with Crippen molar-refractivity contribution in [2.24, 2.45) is 0 Å². The first-order chi connectivity index (χ1) is 9.97. The fourth-order valence-corrected chi connectivity index (χ4v) is 1.70. The van der Waals surface area contributed by atoms with Crippen molar-refractivity contribution in [3.05, 3.63) is 59.4 Å². The Balaban J connectivity index is 2.31. The highest BCUT2D eigenvalue weighted by atomic mass is 16.5. The van der Waals surface area contributed by atoms with E-state index in [0.29, 0.717) is 5.56 Å². The van der Waals surface area contributed by atoms with Gasteiger partial charge in [-0.1, -0.05) is 0 Å². The zero-order valence-corrected chi connectivity index (χ0v) is 10.7. The van der Waals surface area contributed by atoms with E-state index in [2.05, 4.69) is 10.3 Å². The Bertz CT molecular complexity index is 670. The highest BCUT2D eigenvalue weighted by Gasteiger charge is 2.13. The lowest BCUT2D eigenvalue weighted by atomic mass is 10.1. The predicted molar refractivity (Wildman–Crippen MR) is 72.8 cm³/mol. The monoisotopic (exact) mass is 288 g/mol. The molecular formula is C14H12N2O5. The molecule has 0 aliphatic heterocycles. The molecule has 0 unspecified atom stereocenters. The smallest absolute Gasteiger partial charge is 0.335 e. The summed E-state index contributed by atoms with van der Waals surface area (Å²) in [5, 5.41) is 29.8. The van der Waals surface area contributed by atoms with Gasteiger partial charge in [0.15, 0.2) is 6.29 Å². The van der Waals surface area contributed by atoms with Crippen LogP contribution < -0.4 is 5.32 Å². The minimum atomic E-state index is -1.83. The van der Waals surface area contributed by atoms with Crippen LogP contribution in [0.5, 0.6) is 0 Å². The van der Waals surface area contributed by atoms with Crippen LogP contribution in [0.4, 0.5) is 5.69 Å². The third kappa shape index (κ3) is 3.62. The van der Waals surface area contributed by atoms with E-state index in [9.17, 15) is 9.59 Å². The van der Waals surface area contributed by atoms with E-state index in [4.69, 9.17) is 15.3 Å². The number of pyridine rings is 1. The molecule has 0 fully saturated rings. The number of nitrogens with zero attached hydrogens (tertiary/aromatic N) is 1. The second-order valence-electron chi connectivity index (χ2n) is 4.21. The fourth-order valence-electron chi connectivity index (χ4n) is 1.70. The van der Waals surface area contributed by atoms with Crippen molar-refractivity contribution in [3.63, 3.8) is 0 Å². The number of carbonyl (C=O) groups excluding carboxylic acids is 1. The third-order valence-electron chi connectivity index (χ3n) is 2.70. The third-order valence-corrected chi connectivity index (χ3v) is 2.70. The van der Waals surface area contributed by atoms with E-state index in [1.54, 1.807) is 0 Å². The molecule has 7 heteroatoms. The Morgan fingerprint density at radius 3 is 2.29 bits per heavy atom. The number of aliphatic hydroxyl groups excluding tert-OH is 1. The van der Waals surface area contributed by atoms with Crippen molar-refractivity contribution in [2.75, 3.05) is 5.32 Å². The van der Waals surface area contributed by atoms with Gasteiger partial charge in [0.1, 0.15) is 0 Å². The van der Waals surface area contributed by atoms with Crippen molar-refractivity contribution < 1.29 is 24.9 Å². The molecule has 0 bridgehead atoms. The number of aliphatic hydroxyl groups is 2. The average Bonchev–Trinajstić information content (AvgIpc) is 2.47. The molecule has 1 heterocycles. The van der Waals surface area contributed by atoms with Crippen LogP contribution >= 0.6 is 0 Å². The number of nitrogens with one attached hydrogen (secondary N) is 1. The van der Waals surface area contributed by atoms with Gasteiger partial charge < -0.3 is 20.6 Å². The van der Waals surface area contributed by atoms with E-state index < -0.39 is 18.2 Å². The second-order valence-corrected chi connectivity index (χ2v) is 4.21. The summed E-state index contributed by atoms with van der Waals surface area (Å²) >= 11 is 0. The normalized spacial score (nSPS) is 10.4. The number of aromatic nitrogens is 1. The van der Waals surface area contributed by atoms with Gasteiger partial charge in [-0.05, 0) is 30.3 Å². The van der Waals surface area contributed by atoms with Crippen molar-refractivity contribution in [1.82, 2.24) is 4.98 Å². The summed E-state index contributed by atoms with van der Waals surface area (Å²) < 4.78 is 0. The molecule has 1 aromatic carbocycles. The lowest BCUT2D eigenvalue weighted by Gasteiger charge is -2.10. The molecule has 108 valence electrons. The van der Waals surface area contributed by atoms with Gasteiger partial charge in [-0.15, -0.1) is 0 Å². The summed E-state index contributed by atoms with van der Waals surface area (Å²) in [7, 11) is 0. The first-order valence-electron chi connectivity index (χ1n) is 5.93. The highest BCUT2D eigenvalue weighted by Crippen LogP contribution is 2.20. The van der Waals surface area contributed by atoms with Gasteiger partial charge in [0.2, 0.25) is 0 Å². The van der Waals surface area contributed by atoms with Crippen LogP contribution in [0.3, 0.4) is 0 Å². The lowest BCUT2D eigenvalue weighted by molar-refractivity contribution is -0.0424. The molecule has 2 aromatic rings. The number of carbonyl (C=O) groups is 2. The summed E-state index contributed by atoms with van der Waals surface area (Å²) in [5.41, 5.74) is 0.308. The first-order valence-corrected chi connectivity index (χ1v) is 5.93. The Morgan fingerprint density at radius 1 is 1.05 bits per heavy atom. The van der Waals surface area contributed by atoms with Crippen molar-refractivity contribution in [1.29, 1.82) is 0 Å². The minimum Gasteiger partial charge on any atom is -0.478 e. The number of anilines is 1. The zero-order chi connectivity index (χ0) is 15.4. The zero-order valence-electron chi connectivity index (χ0n) is 10.7. The SMILES string of the molecule is O=C(O)c1cc(NC(=O)c2ccncc2)cc(C(O)O)c1. The van der Waals surface area contributed by atoms with Crippen molar-refractivity contribution in [3.8, 4) is 0 Å². The number of aromatic carboxylic acids is 1. The molecule has 0 saturated carbocycles. The van der Waals surface area contributed by atoms with E-state index >= 15 is 0 Å². The fraction of sp³-hybridized carbons (Fsp3) is 0.0714. The molecule has 1 amide bonds. The van der Waals surface area contributed by atoms with Crippen LogP contribution in [-0.2, 0) is 0 Å². The van der Waals surface area contributed by atoms with Crippen LogP contribution in [0.2, 0.25) is 0 Å². The molecule has 21 heavy (non-hydrogen) atoms. The van der Waals surface area contributed by atoms with Gasteiger partial charge in [-0.25, -0.2) is 4.79 Å². The maximum absolute atomic E-state index is 12.0. The van der Waals surface area contributed by atoms with E-state index in [1.807, 2.05) is 0 Å². The Morgan fingerprint density at radius 2 is 1.71 bits per heavy atom. The number of carboxylic acid groups (broad SMARTS) is 1. The molecule has 0 saturated heterocycles. The summed E-state index contributed by atoms with van der Waals surface area (Å²) in [6, 6.07) is 6.63. The van der Waals surface area contributed by atoms with Crippen LogP contribution in [0.1, 0.15) is 32.6 Å². The molecule has 0 aliphatic carbocycles. The summed E-state index contributed by atoms with van der Waals surface area (Å²) in [6.07, 6.45) is 1.07. The van der Waals surface area contributed by atoms with E-state index in [-0.39, 0.29) is 16.8 Å². The van der Waals surface area contributed by atoms with Gasteiger partial charge in [-0.2, -0.15) is 0 Å². The van der Waals surface area contributed by atoms with Crippen LogP contribution in [0.25, 0.3) is 0 Å². The molecule has 0 spiro atoms. The Labute approximate surface area is 119 Å². The Hall–Kier alpha value is -2.77. The summed E-state index contributed by atoms with van der Waals surface area (Å²) in [5.74, 6) is -1.70. The molecular weight excluding hydrogens is 276 g/mol. The predicted octanol–water partition coefficient (Wildman–Crippen LogP) is 1.02. The summed E-state index contributed by atoms with van der Waals surface area (Å²) in [6.45, 7) is 0. The van der Waals surface area contributed by atoms with Gasteiger partial charge in [-0.3, -0.25) is 9.78 Å². The van der Waals surface area contributed by atoms with Crippen LogP contribution in [0.15, 0.2) is 42.7 Å². The van der Waals surface area contributed by atoms with Gasteiger partial charge >= 0.3 is 5.97 Å². The largest absolute Gasteiger partial charge is 0.478 e. The molecule has 7 nitrogen and oxygen atoms in total. The standard InChI is InChI=1S/C14H12N2O5/c17-12(8-1-3-15-4-2-8)16-11-6-9(13(18)19)5-10(7-11)14(20)21/h1-7,13,18-19H,(H,16,17)(H,20,21). The Kier molecular flexibility index (Phi) is 4.27. The van der Waals surface area contributed by atoms with Crippen LogP contribution in [0, 0.1) is 0 Å². The summed E-state index contributed by atoms with van der Waals surface area (Å²) in [4.78, 5) is 26.8. The number of carboxylic acids is 1. The maximum atomic E-state index is 12.0. The lowest BCUT2D eigenvalue weighted by Crippen LogP contribution is -2.13. The quantitative estimate of drug-likeness (QED) is 0.623. The molecule has 1 aromatic heterocycles. The number of amides is 1. The van der Waals surface area contributed by atoms with Gasteiger partial charge in [0, 0.05) is 29.2 Å². The number of rotatable bonds is 4. The minimum absolute atomic E-state index is 0.0278. The molecule has 0 radical (unpaired) electrons. The van der Waals surface area contributed by atoms with Crippen molar-refractivity contribution >= 4 is 17.6 Å². The van der Waals surface area contributed by atoms with E-state index in [1.165, 1.54) is 36.7 Å². The average molecular weight is 288 g/mol. The number of benzene rings is 1. The number of hydrogen-bond acceptors (Lipinski definition) is 5.